The third-order valence-corrected chi connectivity index (χ3v) is 7.74. The molecule has 0 bridgehead atoms. The number of hydrogen-bond donors (Lipinski definition) is 1. The van der Waals surface area contributed by atoms with Gasteiger partial charge in [0.05, 0.1) is 24.1 Å². The fourth-order valence-electron chi connectivity index (χ4n) is 5.50. The summed E-state index contributed by atoms with van der Waals surface area (Å²) in [5, 5.41) is 15.7. The quantitative estimate of drug-likeness (QED) is 0.231. The maximum Gasteiger partial charge on any atom is 0.261 e. The molecular formula is C30H26Cl2N6O2. The second-order valence-corrected chi connectivity index (χ2v) is 10.9. The Hall–Kier alpha value is -4.14. The molecule has 3 heterocycles. The zero-order valence-corrected chi connectivity index (χ0v) is 23.8. The molecule has 0 spiro atoms. The van der Waals surface area contributed by atoms with Crippen LogP contribution in [-0.2, 0) is 0 Å². The summed E-state index contributed by atoms with van der Waals surface area (Å²) in [6, 6.07) is 20.6. The van der Waals surface area contributed by atoms with Crippen LogP contribution in [0, 0.1) is 6.92 Å². The van der Waals surface area contributed by atoms with E-state index in [1.807, 2.05) is 78.6 Å². The zero-order valence-electron chi connectivity index (χ0n) is 22.3. The molecule has 0 radical (unpaired) electrons. The molecular weight excluding hydrogens is 547 g/mol. The lowest BCUT2D eigenvalue weighted by molar-refractivity contribution is 0.0993. The molecule has 0 fully saturated rings. The van der Waals surface area contributed by atoms with Gasteiger partial charge in [-0.25, -0.2) is 0 Å². The highest BCUT2D eigenvalue weighted by Gasteiger charge is 2.44. The van der Waals surface area contributed by atoms with Crippen LogP contribution in [0.25, 0.3) is 22.6 Å². The maximum atomic E-state index is 14.3. The first kappa shape index (κ1) is 26.1. The smallest absolute Gasteiger partial charge is 0.261 e. The number of nitrogens with one attached hydrogen (secondary N) is 1. The first-order valence-corrected chi connectivity index (χ1v) is 13.6. The van der Waals surface area contributed by atoms with Crippen LogP contribution in [0.15, 0.2) is 66.7 Å². The highest BCUT2D eigenvalue weighted by atomic mass is 35.5. The van der Waals surface area contributed by atoms with Crippen LogP contribution in [0.5, 0.6) is 5.75 Å². The summed E-state index contributed by atoms with van der Waals surface area (Å²) in [5.41, 5.74) is 6.62. The summed E-state index contributed by atoms with van der Waals surface area (Å²) >= 11 is 12.7. The summed E-state index contributed by atoms with van der Waals surface area (Å²) in [4.78, 5) is 16.2. The number of ether oxygens (including phenoxy) is 1. The molecule has 1 unspecified atom stereocenters. The Labute approximate surface area is 241 Å². The third kappa shape index (κ3) is 4.24. The number of fused-ring (bicyclic) bond motifs is 1. The molecule has 2 aromatic heterocycles. The second-order valence-electron chi connectivity index (χ2n) is 10.0. The highest BCUT2D eigenvalue weighted by Crippen LogP contribution is 2.48. The molecule has 8 nitrogen and oxygen atoms in total. The van der Waals surface area contributed by atoms with Crippen LogP contribution in [0.4, 0.5) is 5.69 Å². The number of halogens is 2. The number of hydrogen-bond acceptors (Lipinski definition) is 5. The van der Waals surface area contributed by atoms with E-state index in [4.69, 9.17) is 27.9 Å². The Kier molecular flexibility index (Phi) is 6.60. The molecule has 1 aliphatic rings. The van der Waals surface area contributed by atoms with Gasteiger partial charge in [0.2, 0.25) is 5.82 Å². The van der Waals surface area contributed by atoms with E-state index >= 15 is 0 Å². The molecule has 5 aromatic rings. The number of H-pyrrole nitrogens is 1. The van der Waals surface area contributed by atoms with Crippen molar-refractivity contribution in [3.63, 3.8) is 0 Å². The number of aromatic amines is 1. The van der Waals surface area contributed by atoms with Gasteiger partial charge in [-0.3, -0.25) is 9.69 Å². The third-order valence-electron chi connectivity index (χ3n) is 7.25. The van der Waals surface area contributed by atoms with Crippen molar-refractivity contribution in [2.75, 3.05) is 12.0 Å². The Morgan fingerprint density at radius 3 is 2.38 bits per heavy atom. The number of amides is 1. The number of anilines is 1. The maximum absolute atomic E-state index is 14.3. The second kappa shape index (κ2) is 10.1. The minimum atomic E-state index is -0.403. The molecule has 0 saturated heterocycles. The molecule has 40 heavy (non-hydrogen) atoms. The number of aromatic nitrogens is 5. The fourth-order valence-corrected chi connectivity index (χ4v) is 5.79. The van der Waals surface area contributed by atoms with E-state index in [-0.39, 0.29) is 11.9 Å². The van der Waals surface area contributed by atoms with Crippen molar-refractivity contribution in [2.45, 2.75) is 32.9 Å². The number of rotatable bonds is 6. The van der Waals surface area contributed by atoms with E-state index in [1.54, 1.807) is 7.11 Å². The Balaban J connectivity index is 1.61. The predicted octanol–water partition coefficient (Wildman–Crippen LogP) is 7.29. The Bertz CT molecular complexity index is 1730. The van der Waals surface area contributed by atoms with Crippen molar-refractivity contribution in [3.8, 4) is 28.4 Å². The number of methoxy groups -OCH3 is 1. The monoisotopic (exact) mass is 572 g/mol. The Morgan fingerprint density at radius 2 is 1.70 bits per heavy atom. The molecule has 202 valence electrons. The number of nitrogens with zero attached hydrogens (tertiary/aromatic N) is 5. The minimum absolute atomic E-state index is 0.0142. The molecule has 0 saturated carbocycles. The van der Waals surface area contributed by atoms with Crippen LogP contribution in [-0.4, -0.2) is 38.2 Å². The van der Waals surface area contributed by atoms with Crippen LogP contribution in [0.2, 0.25) is 10.0 Å². The van der Waals surface area contributed by atoms with E-state index in [0.29, 0.717) is 27.2 Å². The predicted molar refractivity (Wildman–Crippen MR) is 156 cm³/mol. The first-order chi connectivity index (χ1) is 19.3. The number of tetrazole rings is 1. The molecule has 1 N–H and O–H groups in total. The van der Waals surface area contributed by atoms with E-state index in [1.165, 1.54) is 0 Å². The molecule has 0 aliphatic carbocycles. The molecule has 6 rings (SSSR count). The van der Waals surface area contributed by atoms with Crippen molar-refractivity contribution in [3.05, 3.63) is 99.2 Å². The van der Waals surface area contributed by atoms with Gasteiger partial charge in [0, 0.05) is 32.9 Å². The lowest BCUT2D eigenvalue weighted by atomic mass is 10.0. The van der Waals surface area contributed by atoms with Crippen LogP contribution in [0.3, 0.4) is 0 Å². The van der Waals surface area contributed by atoms with Gasteiger partial charge in [0.25, 0.3) is 5.91 Å². The van der Waals surface area contributed by atoms with Gasteiger partial charge >= 0.3 is 0 Å². The summed E-state index contributed by atoms with van der Waals surface area (Å²) in [7, 11) is 1.63. The van der Waals surface area contributed by atoms with Gasteiger partial charge in [0.15, 0.2) is 0 Å². The van der Waals surface area contributed by atoms with Crippen molar-refractivity contribution in [2.24, 2.45) is 0 Å². The summed E-state index contributed by atoms with van der Waals surface area (Å²) < 4.78 is 7.99. The largest absolute Gasteiger partial charge is 0.496 e. The van der Waals surface area contributed by atoms with Gasteiger partial charge < -0.3 is 9.30 Å². The van der Waals surface area contributed by atoms with Crippen molar-refractivity contribution < 1.29 is 9.53 Å². The lowest BCUT2D eigenvalue weighted by Gasteiger charge is -2.30. The Morgan fingerprint density at radius 1 is 0.950 bits per heavy atom. The standard InChI is InChI=1S/C30H26Cl2N6O2/c1-16(2)37-25(22-13-19(8-12-26(22)40-4)29-33-35-36-34-29)15-23-28(37)27(18-6-10-20(31)11-7-18)38(30(23)39)24-14-21(32)9-5-17(24)3/h5-16,27H,1-4H3,(H,33,34,35,36). The number of benzene rings is 3. The number of carbonyl (C=O) groups is 1. The SMILES string of the molecule is COc1ccc(-c2nn[nH]n2)cc1-c1cc2c(n1C(C)C)C(c1ccc(Cl)cc1)N(c1cc(Cl)ccc1C)C2=O. The van der Waals surface area contributed by atoms with Gasteiger partial charge in [0.1, 0.15) is 11.8 Å². The van der Waals surface area contributed by atoms with E-state index < -0.39 is 6.04 Å². The topological polar surface area (TPSA) is 88.9 Å². The van der Waals surface area contributed by atoms with Crippen LogP contribution >= 0.6 is 23.2 Å². The summed E-state index contributed by atoms with van der Waals surface area (Å²) in [6.45, 7) is 6.20. The fraction of sp³-hybridized carbons (Fsp3) is 0.200. The van der Waals surface area contributed by atoms with Crippen LogP contribution in [0.1, 0.15) is 53.1 Å². The van der Waals surface area contributed by atoms with E-state index in [0.717, 1.165) is 39.3 Å². The van der Waals surface area contributed by atoms with Crippen molar-refractivity contribution >= 4 is 34.8 Å². The van der Waals surface area contributed by atoms with Gasteiger partial charge in [-0.15, -0.1) is 10.2 Å². The lowest BCUT2D eigenvalue weighted by Crippen LogP contribution is -2.30. The molecule has 10 heteroatoms. The molecule has 1 amide bonds. The average molecular weight is 573 g/mol. The van der Waals surface area contributed by atoms with Gasteiger partial charge in [-0.05, 0) is 85.6 Å². The normalized spacial score (nSPS) is 14.7. The van der Waals surface area contributed by atoms with Gasteiger partial charge in [-0.2, -0.15) is 5.21 Å². The molecule has 1 atom stereocenters. The van der Waals surface area contributed by atoms with E-state index in [2.05, 4.69) is 39.0 Å². The van der Waals surface area contributed by atoms with Gasteiger partial charge in [-0.1, -0.05) is 41.4 Å². The zero-order chi connectivity index (χ0) is 28.1. The van der Waals surface area contributed by atoms with E-state index in [9.17, 15) is 4.79 Å². The molecule has 3 aromatic carbocycles. The average Bonchev–Trinajstić information content (AvgIpc) is 3.67. The minimum Gasteiger partial charge on any atom is -0.496 e. The first-order valence-electron chi connectivity index (χ1n) is 12.8. The van der Waals surface area contributed by atoms with Crippen molar-refractivity contribution in [1.82, 2.24) is 25.2 Å². The number of carbonyl (C=O) groups excluding carboxylic acids is 1. The summed E-state index contributed by atoms with van der Waals surface area (Å²) in [5.74, 6) is 1.04. The van der Waals surface area contributed by atoms with Crippen LogP contribution < -0.4 is 9.64 Å². The van der Waals surface area contributed by atoms with Crippen molar-refractivity contribution in [1.29, 1.82) is 0 Å². The number of aryl methyl sites for hydroxylation is 1. The molecule has 1 aliphatic heterocycles. The summed E-state index contributed by atoms with van der Waals surface area (Å²) in [6.07, 6.45) is 0. The highest BCUT2D eigenvalue weighted by molar-refractivity contribution is 6.31.